The van der Waals surface area contributed by atoms with Gasteiger partial charge in [0.1, 0.15) is 0 Å². The van der Waals surface area contributed by atoms with Crippen LogP contribution in [0.25, 0.3) is 42.3 Å². The zero-order valence-corrected chi connectivity index (χ0v) is 38.5. The van der Waals surface area contributed by atoms with Crippen LogP contribution in [0.15, 0.2) is 66.7 Å². The molecule has 0 fully saturated rings. The smallest absolute Gasteiger partial charge is 0 e. The molecule has 51 heavy (non-hydrogen) atoms. The van der Waals surface area contributed by atoms with E-state index in [-0.39, 0.29) is 55.2 Å². The number of hydrogen-bond donors (Lipinski definition) is 1. The minimum absolute atomic E-state index is 0. The average molecular weight is 946 g/mol. The Morgan fingerprint density at radius 2 is 1.41 bits per heavy atom. The molecule has 0 bridgehead atoms. The summed E-state index contributed by atoms with van der Waals surface area (Å²) < 4.78 is 12.2. The Labute approximate surface area is 329 Å². The molecular formula is C44H59GeIrN2O2S-. The molecule has 0 amide bonds. The number of thiophene rings is 1. The molecule has 1 N–H and O–H groups in total. The third kappa shape index (κ3) is 9.79. The summed E-state index contributed by atoms with van der Waals surface area (Å²) in [7, 11) is 0. The largest absolute Gasteiger partial charge is 0 e. The number of aliphatic hydroxyl groups is 1. The summed E-state index contributed by atoms with van der Waals surface area (Å²) in [5, 5.41) is 13.7. The minimum atomic E-state index is -2.08. The molecule has 3 aromatic carbocycles. The maximum absolute atomic E-state index is 12.3. The van der Waals surface area contributed by atoms with Crippen molar-refractivity contribution < 1.29 is 31.4 Å². The number of carbonyl (C=O) groups is 1. The Morgan fingerprint density at radius 3 is 1.96 bits per heavy atom. The van der Waals surface area contributed by atoms with Crippen LogP contribution in [0.5, 0.6) is 0 Å². The molecule has 277 valence electrons. The molecule has 5 rings (SSSR count). The molecule has 0 saturated carbocycles. The topological polar surface area (TPSA) is 63.1 Å². The van der Waals surface area contributed by atoms with E-state index in [0.717, 1.165) is 32.2 Å². The number of rotatable bonds is 9. The van der Waals surface area contributed by atoms with Crippen molar-refractivity contribution in [1.29, 1.82) is 0 Å². The van der Waals surface area contributed by atoms with Gasteiger partial charge in [-0.05, 0) is 23.7 Å². The Bertz CT molecular complexity index is 2040. The molecule has 2 heterocycles. The van der Waals surface area contributed by atoms with Crippen molar-refractivity contribution in [1.82, 2.24) is 9.97 Å². The van der Waals surface area contributed by atoms with E-state index in [0.29, 0.717) is 23.7 Å². The van der Waals surface area contributed by atoms with E-state index in [9.17, 15) is 9.90 Å². The third-order valence-electron chi connectivity index (χ3n) is 9.71. The summed E-state index contributed by atoms with van der Waals surface area (Å²) in [5.41, 5.74) is 3.91. The van der Waals surface area contributed by atoms with E-state index in [1.54, 1.807) is 11.3 Å². The number of ketones is 1. The number of carbonyl (C=O) groups excluding carboxylic acids is 1. The van der Waals surface area contributed by atoms with Crippen LogP contribution in [0.1, 0.15) is 83.1 Å². The van der Waals surface area contributed by atoms with Gasteiger partial charge in [-0.15, -0.1) is 0 Å². The van der Waals surface area contributed by atoms with Crippen LogP contribution in [0, 0.1) is 41.6 Å². The summed E-state index contributed by atoms with van der Waals surface area (Å²) in [6, 6.07) is 20.8. The van der Waals surface area contributed by atoms with Crippen molar-refractivity contribution in [3.05, 3.63) is 78.3 Å². The SMILES string of the molecule is CC(C)C(C(=O)/C=C(\O)C(C(C)C)C(C)C)C(C)C.[2H]c1nc(-c2[c-]c3ccccc3c(C(C)(C)C)c2)c2sc3[c]([Ge]([CH3])([CH3])[CH3])cccc3c2n1.[Ir]. The van der Waals surface area contributed by atoms with Gasteiger partial charge in [-0.25, -0.2) is 0 Å². The molecule has 5 aromatic rings. The summed E-state index contributed by atoms with van der Waals surface area (Å²) in [4.78, 5) is 21.6. The number of aromatic nitrogens is 2. The second-order valence-electron chi connectivity index (χ2n) is 17.3. The van der Waals surface area contributed by atoms with Crippen LogP contribution in [0.4, 0.5) is 0 Å². The molecule has 4 nitrogen and oxygen atoms in total. The van der Waals surface area contributed by atoms with E-state index >= 15 is 0 Å². The molecule has 0 aliphatic carbocycles. The molecule has 1 radical (unpaired) electrons. The van der Waals surface area contributed by atoms with E-state index in [2.05, 4.69) is 158 Å². The first-order chi connectivity index (χ1) is 23.6. The van der Waals surface area contributed by atoms with Gasteiger partial charge in [0.15, 0.2) is 5.78 Å². The van der Waals surface area contributed by atoms with Crippen LogP contribution in [-0.4, -0.2) is 34.1 Å². The maximum Gasteiger partial charge on any atom is 0 e. The summed E-state index contributed by atoms with van der Waals surface area (Å²) in [6.07, 6.45) is 1.55. The quantitative estimate of drug-likeness (QED) is 0.0692. The molecule has 0 saturated heterocycles. The van der Waals surface area contributed by atoms with Gasteiger partial charge in [0.2, 0.25) is 0 Å². The van der Waals surface area contributed by atoms with Crippen LogP contribution in [-0.2, 0) is 30.3 Å². The predicted molar refractivity (Wildman–Crippen MR) is 220 cm³/mol. The fraction of sp³-hybridized carbons (Fsp3) is 0.477. The fourth-order valence-corrected chi connectivity index (χ4v) is 13.6. The molecule has 0 aliphatic rings. The van der Waals surface area contributed by atoms with Crippen molar-refractivity contribution in [3.63, 3.8) is 0 Å². The van der Waals surface area contributed by atoms with Crippen LogP contribution in [0.2, 0.25) is 17.3 Å². The van der Waals surface area contributed by atoms with E-state index in [1.165, 1.54) is 26.1 Å². The molecule has 0 atom stereocenters. The summed E-state index contributed by atoms with van der Waals surface area (Å²) in [5.74, 6) is 8.90. The van der Waals surface area contributed by atoms with Crippen molar-refractivity contribution in [2.24, 2.45) is 35.5 Å². The van der Waals surface area contributed by atoms with Gasteiger partial charge in [0, 0.05) is 38.0 Å². The maximum atomic E-state index is 12.3. The molecule has 0 aliphatic heterocycles. The van der Waals surface area contributed by atoms with E-state index in [1.807, 2.05) is 0 Å². The van der Waals surface area contributed by atoms with Crippen LogP contribution in [0.3, 0.4) is 0 Å². The van der Waals surface area contributed by atoms with Crippen molar-refractivity contribution >= 4 is 65.9 Å². The number of hydrogen-bond acceptors (Lipinski definition) is 5. The first-order valence-corrected chi connectivity index (χ1v) is 26.4. The van der Waals surface area contributed by atoms with Crippen molar-refractivity contribution in [2.75, 3.05) is 0 Å². The molecular weight excluding hydrogens is 885 g/mol. The van der Waals surface area contributed by atoms with Gasteiger partial charge in [-0.3, -0.25) is 4.79 Å². The number of nitrogens with zero attached hydrogens (tertiary/aromatic N) is 2. The minimum Gasteiger partial charge on any atom is 0 e. The van der Waals surface area contributed by atoms with E-state index in [4.69, 9.17) is 1.37 Å². The second kappa shape index (κ2) is 17.2. The molecule has 7 heteroatoms. The third-order valence-corrected chi connectivity index (χ3v) is 15.6. The monoisotopic (exact) mass is 947 g/mol. The Kier molecular flexibility index (Phi) is 13.9. The first-order valence-electron chi connectivity index (χ1n) is 18.7. The van der Waals surface area contributed by atoms with Crippen LogP contribution < -0.4 is 4.40 Å². The zero-order chi connectivity index (χ0) is 38.2. The number of aliphatic hydroxyl groups excluding tert-OH is 1. The average Bonchev–Trinajstić information content (AvgIpc) is 3.37. The first kappa shape index (κ1) is 41.4. The predicted octanol–water partition coefficient (Wildman–Crippen LogP) is 12.2. The van der Waals surface area contributed by atoms with Gasteiger partial charge in [0.05, 0.1) is 5.76 Å². The van der Waals surface area contributed by atoms with Crippen LogP contribution >= 0.6 is 11.3 Å². The second-order valence-corrected chi connectivity index (χ2v) is 28.9. The van der Waals surface area contributed by atoms with Crippen molar-refractivity contribution in [3.8, 4) is 11.3 Å². The number of fused-ring (bicyclic) bond motifs is 4. The molecule has 0 spiro atoms. The Hall–Kier alpha value is -2.38. The summed E-state index contributed by atoms with van der Waals surface area (Å²) in [6.45, 7) is 23.3. The van der Waals surface area contributed by atoms with Gasteiger partial charge in [-0.1, -0.05) is 55.4 Å². The normalized spacial score (nSPS) is 13.2. The van der Waals surface area contributed by atoms with Gasteiger partial charge >= 0.3 is 193 Å². The Balaban J connectivity index is 0.000000317. The van der Waals surface area contributed by atoms with Gasteiger partial charge in [-0.2, -0.15) is 0 Å². The van der Waals surface area contributed by atoms with Crippen molar-refractivity contribution in [2.45, 2.75) is 98.8 Å². The van der Waals surface area contributed by atoms with Gasteiger partial charge in [0.25, 0.3) is 0 Å². The number of allylic oxidation sites excluding steroid dienone is 2. The fourth-order valence-electron chi connectivity index (χ4n) is 7.52. The van der Waals surface area contributed by atoms with E-state index < -0.39 is 13.3 Å². The Morgan fingerprint density at radius 1 is 0.843 bits per heavy atom. The summed E-state index contributed by atoms with van der Waals surface area (Å²) >= 11 is -0.295. The zero-order valence-electron chi connectivity index (χ0n) is 34.2. The standard InChI is InChI=1S/C27H27GeN2S.C17H32O2.Ir/c1-27(2,3)21-15-18(14-17-10-7-8-11-19(17)21)23-26-24(30-16-29-23)20-12-9-13-22(25(20)31-26)28(4,5)6;1-10(2)16(11(3)4)14(18)9-15(19)17(12(5)6)13(7)8;/h7-13,15-16H,1-6H3;9-13,16-18H,1-8H3;/q-1;;/b;14-9-;/i16D;;. The number of benzene rings is 3. The molecule has 2 aromatic heterocycles. The van der Waals surface area contributed by atoms with Gasteiger partial charge < -0.3 is 5.11 Å². The molecule has 0 unspecified atom stereocenters.